The molecule has 0 spiro atoms. The second-order valence-corrected chi connectivity index (χ2v) is 6.69. The SMILES string of the molecule is COc1ccc(-n2c(C)cc(C(=O)Nc3cc(OC)c(OC)c(OC)c3)c2C)cc1. The molecule has 1 aromatic heterocycles. The molecule has 0 bridgehead atoms. The molecule has 1 amide bonds. The summed E-state index contributed by atoms with van der Waals surface area (Å²) in [4.78, 5) is 13.0. The number of amides is 1. The Labute approximate surface area is 176 Å². The number of benzene rings is 2. The molecule has 0 aliphatic rings. The number of hydrogen-bond acceptors (Lipinski definition) is 5. The normalized spacial score (nSPS) is 10.5. The molecular weight excluding hydrogens is 384 g/mol. The Morgan fingerprint density at radius 1 is 0.833 bits per heavy atom. The van der Waals surface area contributed by atoms with Gasteiger partial charge in [0, 0.05) is 34.9 Å². The number of aromatic nitrogens is 1. The first-order valence-corrected chi connectivity index (χ1v) is 9.38. The second-order valence-electron chi connectivity index (χ2n) is 6.69. The molecule has 3 aromatic rings. The Bertz CT molecular complexity index is 1030. The minimum absolute atomic E-state index is 0.225. The standard InChI is InChI=1S/C23H26N2O5/c1-14-11-19(15(2)25(14)17-7-9-18(27-3)10-8-17)23(26)24-16-12-20(28-4)22(30-6)21(13-16)29-5/h7-13H,1-6H3,(H,24,26). The molecule has 7 nitrogen and oxygen atoms in total. The number of carbonyl (C=O) groups excluding carboxylic acids is 1. The van der Waals surface area contributed by atoms with Gasteiger partial charge in [-0.05, 0) is 44.2 Å². The summed E-state index contributed by atoms with van der Waals surface area (Å²) < 4.78 is 23.3. The van der Waals surface area contributed by atoms with Gasteiger partial charge in [-0.2, -0.15) is 0 Å². The molecule has 0 saturated heterocycles. The first-order valence-electron chi connectivity index (χ1n) is 9.38. The molecule has 0 atom stereocenters. The van der Waals surface area contributed by atoms with Crippen LogP contribution in [0.2, 0.25) is 0 Å². The van der Waals surface area contributed by atoms with Crippen molar-refractivity contribution in [1.82, 2.24) is 4.57 Å². The quantitative estimate of drug-likeness (QED) is 0.626. The van der Waals surface area contributed by atoms with Gasteiger partial charge in [0.1, 0.15) is 5.75 Å². The van der Waals surface area contributed by atoms with Gasteiger partial charge >= 0.3 is 0 Å². The van der Waals surface area contributed by atoms with E-state index in [9.17, 15) is 4.79 Å². The Kier molecular flexibility index (Phi) is 6.20. The number of rotatable bonds is 7. The zero-order valence-corrected chi connectivity index (χ0v) is 18.0. The lowest BCUT2D eigenvalue weighted by Crippen LogP contribution is -2.13. The van der Waals surface area contributed by atoms with Crippen LogP contribution >= 0.6 is 0 Å². The third-order valence-corrected chi connectivity index (χ3v) is 4.93. The summed E-state index contributed by atoms with van der Waals surface area (Å²) in [5.41, 5.74) is 3.87. The van der Waals surface area contributed by atoms with E-state index in [0.29, 0.717) is 28.5 Å². The van der Waals surface area contributed by atoms with Crippen molar-refractivity contribution in [2.24, 2.45) is 0 Å². The summed E-state index contributed by atoms with van der Waals surface area (Å²) in [7, 11) is 6.23. The van der Waals surface area contributed by atoms with Gasteiger partial charge in [-0.15, -0.1) is 0 Å². The predicted molar refractivity (Wildman–Crippen MR) is 116 cm³/mol. The Hall–Kier alpha value is -3.61. The Balaban J connectivity index is 1.93. The fourth-order valence-corrected chi connectivity index (χ4v) is 3.47. The molecule has 0 aliphatic heterocycles. The maximum atomic E-state index is 13.0. The number of methoxy groups -OCH3 is 4. The lowest BCUT2D eigenvalue weighted by molar-refractivity contribution is 0.102. The highest BCUT2D eigenvalue weighted by atomic mass is 16.5. The van der Waals surface area contributed by atoms with Gasteiger partial charge in [-0.3, -0.25) is 4.79 Å². The monoisotopic (exact) mass is 410 g/mol. The van der Waals surface area contributed by atoms with Crippen molar-refractivity contribution in [3.63, 3.8) is 0 Å². The van der Waals surface area contributed by atoms with Crippen LogP contribution < -0.4 is 24.3 Å². The van der Waals surface area contributed by atoms with Gasteiger partial charge in [-0.1, -0.05) is 0 Å². The van der Waals surface area contributed by atoms with Crippen molar-refractivity contribution in [1.29, 1.82) is 0 Å². The largest absolute Gasteiger partial charge is 0.497 e. The van der Waals surface area contributed by atoms with Gasteiger partial charge in [0.15, 0.2) is 11.5 Å². The maximum Gasteiger partial charge on any atom is 0.257 e. The summed E-state index contributed by atoms with van der Waals surface area (Å²) in [6.07, 6.45) is 0. The zero-order chi connectivity index (χ0) is 21.8. The summed E-state index contributed by atoms with van der Waals surface area (Å²) in [6.45, 7) is 3.88. The van der Waals surface area contributed by atoms with Crippen molar-refractivity contribution in [2.45, 2.75) is 13.8 Å². The molecule has 1 heterocycles. The minimum Gasteiger partial charge on any atom is -0.497 e. The summed E-state index contributed by atoms with van der Waals surface area (Å²) >= 11 is 0. The highest BCUT2D eigenvalue weighted by molar-refractivity contribution is 6.05. The fraction of sp³-hybridized carbons (Fsp3) is 0.261. The van der Waals surface area contributed by atoms with E-state index in [1.54, 1.807) is 19.2 Å². The van der Waals surface area contributed by atoms with Crippen molar-refractivity contribution in [3.05, 3.63) is 59.4 Å². The van der Waals surface area contributed by atoms with Gasteiger partial charge in [0.2, 0.25) is 5.75 Å². The van der Waals surface area contributed by atoms with Crippen LogP contribution in [-0.4, -0.2) is 38.9 Å². The highest BCUT2D eigenvalue weighted by Gasteiger charge is 2.19. The van der Waals surface area contributed by atoms with Crippen LogP contribution in [0.1, 0.15) is 21.7 Å². The van der Waals surface area contributed by atoms with E-state index in [1.807, 2.05) is 48.7 Å². The van der Waals surface area contributed by atoms with Crippen LogP contribution in [0.4, 0.5) is 5.69 Å². The van der Waals surface area contributed by atoms with Crippen LogP contribution in [0.3, 0.4) is 0 Å². The smallest absolute Gasteiger partial charge is 0.257 e. The van der Waals surface area contributed by atoms with E-state index in [4.69, 9.17) is 18.9 Å². The van der Waals surface area contributed by atoms with E-state index < -0.39 is 0 Å². The van der Waals surface area contributed by atoms with E-state index >= 15 is 0 Å². The number of hydrogen-bond donors (Lipinski definition) is 1. The third kappa shape index (κ3) is 3.91. The molecule has 2 aromatic carbocycles. The lowest BCUT2D eigenvalue weighted by Gasteiger charge is -2.15. The number of anilines is 1. The van der Waals surface area contributed by atoms with Crippen LogP contribution in [0, 0.1) is 13.8 Å². The first kappa shape index (κ1) is 21.1. The molecule has 0 fully saturated rings. The summed E-state index contributed by atoms with van der Waals surface area (Å²) in [5, 5.41) is 2.92. The second kappa shape index (κ2) is 8.82. The predicted octanol–water partition coefficient (Wildman–Crippen LogP) is 4.38. The lowest BCUT2D eigenvalue weighted by atomic mass is 10.2. The average Bonchev–Trinajstić information content (AvgIpc) is 3.06. The van der Waals surface area contributed by atoms with Gasteiger partial charge in [0.25, 0.3) is 5.91 Å². The number of aryl methyl sites for hydroxylation is 1. The molecule has 1 N–H and O–H groups in total. The molecular formula is C23H26N2O5. The minimum atomic E-state index is -0.225. The average molecular weight is 410 g/mol. The molecule has 0 unspecified atom stereocenters. The number of ether oxygens (including phenoxy) is 4. The van der Waals surface area contributed by atoms with Crippen molar-refractivity contribution >= 4 is 11.6 Å². The molecule has 30 heavy (non-hydrogen) atoms. The fourth-order valence-electron chi connectivity index (χ4n) is 3.47. The molecule has 158 valence electrons. The Morgan fingerprint density at radius 2 is 1.43 bits per heavy atom. The number of nitrogens with zero attached hydrogens (tertiary/aromatic N) is 1. The van der Waals surface area contributed by atoms with E-state index in [2.05, 4.69) is 5.32 Å². The molecule has 7 heteroatoms. The van der Waals surface area contributed by atoms with Gasteiger partial charge in [0.05, 0.1) is 34.0 Å². The molecule has 0 saturated carbocycles. The summed E-state index contributed by atoms with van der Waals surface area (Å²) in [6, 6.07) is 13.0. The van der Waals surface area contributed by atoms with Crippen LogP contribution in [0.25, 0.3) is 5.69 Å². The number of nitrogens with one attached hydrogen (secondary N) is 1. The van der Waals surface area contributed by atoms with Crippen LogP contribution in [-0.2, 0) is 0 Å². The maximum absolute atomic E-state index is 13.0. The van der Waals surface area contributed by atoms with Crippen molar-refractivity contribution < 1.29 is 23.7 Å². The molecule has 0 aliphatic carbocycles. The number of carbonyl (C=O) groups is 1. The third-order valence-electron chi connectivity index (χ3n) is 4.93. The molecule has 0 radical (unpaired) electrons. The van der Waals surface area contributed by atoms with Crippen molar-refractivity contribution in [2.75, 3.05) is 33.8 Å². The van der Waals surface area contributed by atoms with E-state index in [0.717, 1.165) is 22.8 Å². The topological polar surface area (TPSA) is 71.0 Å². The van der Waals surface area contributed by atoms with Gasteiger partial charge < -0.3 is 28.8 Å². The van der Waals surface area contributed by atoms with Gasteiger partial charge in [-0.25, -0.2) is 0 Å². The van der Waals surface area contributed by atoms with E-state index in [-0.39, 0.29) is 5.91 Å². The highest BCUT2D eigenvalue weighted by Crippen LogP contribution is 2.40. The zero-order valence-electron chi connectivity index (χ0n) is 18.0. The summed E-state index contributed by atoms with van der Waals surface area (Å²) in [5.74, 6) is 1.96. The Morgan fingerprint density at radius 3 is 1.93 bits per heavy atom. The molecule has 3 rings (SSSR count). The van der Waals surface area contributed by atoms with Crippen LogP contribution in [0.15, 0.2) is 42.5 Å². The van der Waals surface area contributed by atoms with Crippen LogP contribution in [0.5, 0.6) is 23.0 Å². The first-order chi connectivity index (χ1) is 14.4. The van der Waals surface area contributed by atoms with Crippen molar-refractivity contribution in [3.8, 4) is 28.7 Å². The van der Waals surface area contributed by atoms with E-state index in [1.165, 1.54) is 21.3 Å².